The maximum absolute atomic E-state index is 13.8. The van der Waals surface area contributed by atoms with Crippen LogP contribution in [0.4, 0.5) is 4.79 Å². The second-order valence-electron chi connectivity index (χ2n) is 10.5. The second kappa shape index (κ2) is 12.0. The Balaban J connectivity index is 1.88. The van der Waals surface area contributed by atoms with Gasteiger partial charge in [-0.1, -0.05) is 50.2 Å². The third-order valence-electron chi connectivity index (χ3n) is 5.58. The molecule has 0 fully saturated rings. The molecule has 0 aliphatic rings. The van der Waals surface area contributed by atoms with Crippen molar-refractivity contribution in [1.29, 1.82) is 0 Å². The van der Waals surface area contributed by atoms with E-state index >= 15 is 0 Å². The molecule has 36 heavy (non-hydrogen) atoms. The molecule has 0 bridgehead atoms. The molecule has 1 aromatic heterocycles. The van der Waals surface area contributed by atoms with Crippen LogP contribution in [-0.2, 0) is 20.9 Å². The van der Waals surface area contributed by atoms with Gasteiger partial charge in [0.25, 0.3) is 0 Å². The van der Waals surface area contributed by atoms with E-state index in [1.165, 1.54) is 0 Å². The van der Waals surface area contributed by atoms with E-state index in [0.717, 1.165) is 22.1 Å². The van der Waals surface area contributed by atoms with Crippen molar-refractivity contribution >= 4 is 29.1 Å². The molecular formula is C29H36N2O5. The zero-order chi connectivity index (χ0) is 26.3. The van der Waals surface area contributed by atoms with E-state index in [2.05, 4.69) is 30.1 Å². The lowest BCUT2D eigenvalue weighted by Gasteiger charge is -2.33. The van der Waals surface area contributed by atoms with E-state index in [4.69, 9.17) is 9.15 Å². The Kier molecular flexibility index (Phi) is 9.04. The van der Waals surface area contributed by atoms with Gasteiger partial charge in [-0.3, -0.25) is 9.69 Å². The first kappa shape index (κ1) is 27.1. The summed E-state index contributed by atoms with van der Waals surface area (Å²) in [5.74, 6) is 0.142. The summed E-state index contributed by atoms with van der Waals surface area (Å²) >= 11 is 0. The highest BCUT2D eigenvalue weighted by atomic mass is 16.6. The Morgan fingerprint density at radius 1 is 1.08 bits per heavy atom. The van der Waals surface area contributed by atoms with Gasteiger partial charge in [0.1, 0.15) is 17.5 Å². The highest BCUT2D eigenvalue weighted by Crippen LogP contribution is 2.28. The van der Waals surface area contributed by atoms with Crippen LogP contribution in [0.2, 0.25) is 0 Å². The lowest BCUT2D eigenvalue weighted by atomic mass is 9.95. The summed E-state index contributed by atoms with van der Waals surface area (Å²) < 4.78 is 10.7. The van der Waals surface area contributed by atoms with E-state index in [9.17, 15) is 14.4 Å². The Hall–Kier alpha value is -3.45. The van der Waals surface area contributed by atoms with Crippen molar-refractivity contribution in [3.05, 3.63) is 72.0 Å². The number of nitrogens with zero attached hydrogens (tertiary/aromatic N) is 1. The lowest BCUT2D eigenvalue weighted by molar-refractivity contribution is -0.127. The predicted octanol–water partition coefficient (Wildman–Crippen LogP) is 5.68. The molecule has 3 rings (SSSR count). The predicted molar refractivity (Wildman–Crippen MR) is 139 cm³/mol. The monoisotopic (exact) mass is 492 g/mol. The van der Waals surface area contributed by atoms with Crippen LogP contribution >= 0.6 is 0 Å². The number of hydrogen-bond donors (Lipinski definition) is 1. The first-order chi connectivity index (χ1) is 17.1. The number of rotatable bonds is 11. The molecule has 1 N–H and O–H groups in total. The van der Waals surface area contributed by atoms with Gasteiger partial charge < -0.3 is 19.3 Å². The molecule has 2 atom stereocenters. The number of fused-ring (bicyclic) bond motifs is 1. The minimum atomic E-state index is -0.984. The maximum atomic E-state index is 13.8. The van der Waals surface area contributed by atoms with Crippen molar-refractivity contribution in [2.45, 2.75) is 65.3 Å². The molecule has 2 aromatic carbocycles. The largest absolute Gasteiger partial charge is 0.464 e. The van der Waals surface area contributed by atoms with Gasteiger partial charge in [0.15, 0.2) is 5.78 Å². The minimum Gasteiger partial charge on any atom is -0.464 e. The number of furan rings is 1. The zero-order valence-electron chi connectivity index (χ0n) is 21.7. The second-order valence-corrected chi connectivity index (χ2v) is 10.5. The highest BCUT2D eigenvalue weighted by molar-refractivity contribution is 5.89. The SMILES string of the molecule is CC(C)CN(Cc1ccc2occc2c1)C(C(=O)CC(C=O)NC(=O)OC(C)(C)C)c1ccccc1. The summed E-state index contributed by atoms with van der Waals surface area (Å²) in [5.41, 5.74) is 2.00. The zero-order valence-corrected chi connectivity index (χ0v) is 21.7. The van der Waals surface area contributed by atoms with Crippen LogP contribution in [0.1, 0.15) is 58.2 Å². The van der Waals surface area contributed by atoms with E-state index in [0.29, 0.717) is 25.3 Å². The van der Waals surface area contributed by atoms with E-state index < -0.39 is 23.8 Å². The quantitative estimate of drug-likeness (QED) is 0.346. The average molecular weight is 493 g/mol. The molecule has 0 aliphatic carbocycles. The van der Waals surface area contributed by atoms with Crippen LogP contribution < -0.4 is 5.32 Å². The molecule has 7 nitrogen and oxygen atoms in total. The van der Waals surface area contributed by atoms with Gasteiger partial charge in [0.05, 0.1) is 18.3 Å². The third-order valence-corrected chi connectivity index (χ3v) is 5.58. The molecule has 1 amide bonds. The molecular weight excluding hydrogens is 456 g/mol. The highest BCUT2D eigenvalue weighted by Gasteiger charge is 2.31. The number of ketones is 1. The minimum absolute atomic E-state index is 0.141. The van der Waals surface area contributed by atoms with Crippen molar-refractivity contribution in [3.63, 3.8) is 0 Å². The molecule has 0 radical (unpaired) electrons. The molecule has 0 saturated carbocycles. The number of ether oxygens (including phenoxy) is 1. The topological polar surface area (TPSA) is 88.9 Å². The molecule has 0 saturated heterocycles. The smallest absolute Gasteiger partial charge is 0.408 e. The Morgan fingerprint density at radius 3 is 2.44 bits per heavy atom. The van der Waals surface area contributed by atoms with Gasteiger partial charge in [-0.25, -0.2) is 4.79 Å². The summed E-state index contributed by atoms with van der Waals surface area (Å²) in [5, 5.41) is 3.53. The molecule has 192 valence electrons. The van der Waals surface area contributed by atoms with E-state index in [-0.39, 0.29) is 12.2 Å². The van der Waals surface area contributed by atoms with Crippen LogP contribution in [0, 0.1) is 5.92 Å². The summed E-state index contributed by atoms with van der Waals surface area (Å²) in [6, 6.07) is 15.9. The van der Waals surface area contributed by atoms with E-state index in [1.54, 1.807) is 27.0 Å². The van der Waals surface area contributed by atoms with Gasteiger partial charge in [-0.15, -0.1) is 0 Å². The fourth-order valence-electron chi connectivity index (χ4n) is 4.24. The lowest BCUT2D eigenvalue weighted by Crippen LogP contribution is -2.43. The van der Waals surface area contributed by atoms with Crippen LogP contribution in [0.3, 0.4) is 0 Å². The van der Waals surface area contributed by atoms with Crippen LogP contribution in [-0.4, -0.2) is 41.3 Å². The standard InChI is InChI=1S/C29H36N2O5/c1-20(2)17-31(18-21-11-12-26-23(15-21)13-14-35-26)27(22-9-7-6-8-10-22)25(33)16-24(19-32)30-28(34)36-29(3,4)5/h6-15,19-20,24,27H,16-18H2,1-5H3,(H,30,34). The van der Waals surface area contributed by atoms with E-state index in [1.807, 2.05) is 48.5 Å². The van der Waals surface area contributed by atoms with Crippen molar-refractivity contribution in [2.75, 3.05) is 6.54 Å². The number of amides is 1. The molecule has 2 unspecified atom stereocenters. The normalized spacial score (nSPS) is 13.5. The van der Waals surface area contributed by atoms with Crippen LogP contribution in [0.25, 0.3) is 11.0 Å². The number of carbonyl (C=O) groups excluding carboxylic acids is 3. The maximum Gasteiger partial charge on any atom is 0.408 e. The Bertz CT molecular complexity index is 1160. The summed E-state index contributed by atoms with van der Waals surface area (Å²) in [7, 11) is 0. The number of nitrogens with one attached hydrogen (secondary N) is 1. The number of hydrogen-bond acceptors (Lipinski definition) is 6. The summed E-state index contributed by atoms with van der Waals surface area (Å²) in [6.45, 7) is 10.6. The first-order valence-corrected chi connectivity index (χ1v) is 12.3. The molecule has 7 heteroatoms. The number of alkyl carbamates (subject to hydrolysis) is 1. The number of carbonyl (C=O) groups is 3. The van der Waals surface area contributed by atoms with Gasteiger partial charge in [0, 0.05) is 24.9 Å². The molecule has 0 spiro atoms. The van der Waals surface area contributed by atoms with Crippen molar-refractivity contribution in [2.24, 2.45) is 5.92 Å². The fourth-order valence-corrected chi connectivity index (χ4v) is 4.24. The third kappa shape index (κ3) is 7.78. The van der Waals surface area contributed by atoms with Gasteiger partial charge in [-0.2, -0.15) is 0 Å². The van der Waals surface area contributed by atoms with Gasteiger partial charge >= 0.3 is 6.09 Å². The number of aldehydes is 1. The summed E-state index contributed by atoms with van der Waals surface area (Å²) in [6.07, 6.45) is 1.38. The molecule has 3 aromatic rings. The molecule has 0 aliphatic heterocycles. The first-order valence-electron chi connectivity index (χ1n) is 12.3. The van der Waals surface area contributed by atoms with Gasteiger partial charge in [-0.05, 0) is 56.0 Å². The van der Waals surface area contributed by atoms with Crippen molar-refractivity contribution in [1.82, 2.24) is 10.2 Å². The van der Waals surface area contributed by atoms with Crippen molar-refractivity contribution in [3.8, 4) is 0 Å². The van der Waals surface area contributed by atoms with Gasteiger partial charge in [0.2, 0.25) is 0 Å². The van der Waals surface area contributed by atoms with Crippen LogP contribution in [0.5, 0.6) is 0 Å². The van der Waals surface area contributed by atoms with Crippen molar-refractivity contribution < 1.29 is 23.5 Å². The Morgan fingerprint density at radius 2 is 1.81 bits per heavy atom. The fraction of sp³-hybridized carbons (Fsp3) is 0.414. The summed E-state index contributed by atoms with van der Waals surface area (Å²) in [4.78, 5) is 39.9. The average Bonchev–Trinajstić information content (AvgIpc) is 3.25. The Labute approximate surface area is 212 Å². The number of Topliss-reactive ketones (excluding diaryl/α,β-unsaturated/α-hetero) is 1. The van der Waals surface area contributed by atoms with Crippen LogP contribution in [0.15, 0.2) is 65.3 Å². The molecule has 1 heterocycles. The number of benzene rings is 2.